The van der Waals surface area contributed by atoms with Gasteiger partial charge < -0.3 is 9.64 Å². The molecular formula is C18H21N3O2. The van der Waals surface area contributed by atoms with Gasteiger partial charge in [-0.3, -0.25) is 9.89 Å². The topological polar surface area (TPSA) is 58.2 Å². The number of H-pyrrole nitrogens is 1. The number of nitrogens with one attached hydrogen (secondary N) is 1. The first-order chi connectivity index (χ1) is 11.3. The Balaban J connectivity index is 1.53. The predicted molar refractivity (Wildman–Crippen MR) is 86.4 cm³/mol. The third kappa shape index (κ3) is 2.71. The highest BCUT2D eigenvalue weighted by atomic mass is 16.5. The number of aromatic nitrogens is 2. The van der Waals surface area contributed by atoms with Crippen molar-refractivity contribution in [3.8, 4) is 5.75 Å². The maximum Gasteiger partial charge on any atom is 0.230 e. The SMILES string of the molecule is O=C([C@@H]1CCOc2ccccc21)N1CCC[C@H](c2ccn[nH]2)C1. The fourth-order valence-electron chi connectivity index (χ4n) is 3.74. The highest BCUT2D eigenvalue weighted by molar-refractivity contribution is 5.85. The number of rotatable bonds is 2. The van der Waals surface area contributed by atoms with Gasteiger partial charge in [-0.2, -0.15) is 5.10 Å². The van der Waals surface area contributed by atoms with E-state index in [1.165, 1.54) is 0 Å². The van der Waals surface area contributed by atoms with Crippen LogP contribution < -0.4 is 4.74 Å². The Morgan fingerprint density at radius 1 is 1.26 bits per heavy atom. The maximum atomic E-state index is 13.1. The molecule has 2 aromatic rings. The summed E-state index contributed by atoms with van der Waals surface area (Å²) in [5.41, 5.74) is 2.17. The molecule has 1 aromatic carbocycles. The van der Waals surface area contributed by atoms with Crippen LogP contribution in [0.4, 0.5) is 0 Å². The van der Waals surface area contributed by atoms with Crippen LogP contribution in [0.15, 0.2) is 36.5 Å². The largest absolute Gasteiger partial charge is 0.493 e. The summed E-state index contributed by atoms with van der Waals surface area (Å²) in [7, 11) is 0. The van der Waals surface area contributed by atoms with Gasteiger partial charge in [-0.1, -0.05) is 18.2 Å². The average Bonchev–Trinajstić information content (AvgIpc) is 3.15. The number of para-hydroxylation sites is 1. The summed E-state index contributed by atoms with van der Waals surface area (Å²) in [6.45, 7) is 2.24. The fraction of sp³-hybridized carbons (Fsp3) is 0.444. The van der Waals surface area contributed by atoms with E-state index in [0.29, 0.717) is 12.5 Å². The highest BCUT2D eigenvalue weighted by Gasteiger charge is 2.33. The molecule has 2 aliphatic rings. The minimum atomic E-state index is -0.0690. The van der Waals surface area contributed by atoms with Crippen LogP contribution in [0, 0.1) is 0 Å². The zero-order valence-corrected chi connectivity index (χ0v) is 13.1. The molecule has 23 heavy (non-hydrogen) atoms. The molecule has 1 N–H and O–H groups in total. The summed E-state index contributed by atoms with van der Waals surface area (Å²) in [4.78, 5) is 15.1. The number of nitrogens with zero attached hydrogens (tertiary/aromatic N) is 2. The van der Waals surface area contributed by atoms with Crippen molar-refractivity contribution in [1.82, 2.24) is 15.1 Å². The number of aromatic amines is 1. The van der Waals surface area contributed by atoms with Gasteiger partial charge in [0.25, 0.3) is 0 Å². The monoisotopic (exact) mass is 311 g/mol. The summed E-state index contributed by atoms with van der Waals surface area (Å²) in [6.07, 6.45) is 4.70. The van der Waals surface area contributed by atoms with Crippen molar-refractivity contribution >= 4 is 5.91 Å². The van der Waals surface area contributed by atoms with Crippen molar-refractivity contribution < 1.29 is 9.53 Å². The van der Waals surface area contributed by atoms with Gasteiger partial charge in [-0.05, 0) is 31.4 Å². The average molecular weight is 311 g/mol. The van der Waals surface area contributed by atoms with E-state index in [-0.39, 0.29) is 11.8 Å². The van der Waals surface area contributed by atoms with Gasteiger partial charge in [-0.25, -0.2) is 0 Å². The number of fused-ring (bicyclic) bond motifs is 1. The molecule has 0 saturated carbocycles. The maximum absolute atomic E-state index is 13.1. The Hall–Kier alpha value is -2.30. The number of likely N-dealkylation sites (tertiary alicyclic amines) is 1. The minimum Gasteiger partial charge on any atom is -0.493 e. The van der Waals surface area contributed by atoms with Gasteiger partial charge >= 0.3 is 0 Å². The minimum absolute atomic E-state index is 0.0690. The standard InChI is InChI=1S/C18H21N3O2/c22-18(15-8-11-23-17-6-2-1-5-14(15)17)21-10-3-4-13(12-21)16-7-9-19-20-16/h1-2,5-7,9,13,15H,3-4,8,10-12H2,(H,19,20)/t13-,15+/m0/s1. The molecule has 1 saturated heterocycles. The van der Waals surface area contributed by atoms with Gasteiger partial charge in [0.05, 0.1) is 12.5 Å². The Bertz CT molecular complexity index is 683. The number of amides is 1. The molecule has 0 spiro atoms. The summed E-state index contributed by atoms with van der Waals surface area (Å²) in [6, 6.07) is 9.94. The third-order valence-electron chi connectivity index (χ3n) is 4.95. The summed E-state index contributed by atoms with van der Waals surface area (Å²) in [5.74, 6) is 1.40. The summed E-state index contributed by atoms with van der Waals surface area (Å²) in [5, 5.41) is 7.10. The van der Waals surface area contributed by atoms with E-state index in [2.05, 4.69) is 10.2 Å². The molecular weight excluding hydrogens is 290 g/mol. The molecule has 2 aliphatic heterocycles. The van der Waals surface area contributed by atoms with E-state index < -0.39 is 0 Å². The predicted octanol–water partition coefficient (Wildman–Crippen LogP) is 2.68. The van der Waals surface area contributed by atoms with Crippen LogP contribution in [0.3, 0.4) is 0 Å². The van der Waals surface area contributed by atoms with Crippen molar-refractivity contribution in [2.75, 3.05) is 19.7 Å². The van der Waals surface area contributed by atoms with Crippen LogP contribution in [-0.2, 0) is 4.79 Å². The molecule has 5 heteroatoms. The van der Waals surface area contributed by atoms with E-state index in [0.717, 1.165) is 49.4 Å². The first kappa shape index (κ1) is 14.3. The molecule has 4 rings (SSSR count). The first-order valence-corrected chi connectivity index (χ1v) is 8.32. The molecule has 0 radical (unpaired) electrons. The van der Waals surface area contributed by atoms with Gasteiger partial charge in [-0.15, -0.1) is 0 Å². The smallest absolute Gasteiger partial charge is 0.230 e. The second-order valence-electron chi connectivity index (χ2n) is 6.36. The number of carbonyl (C=O) groups is 1. The third-order valence-corrected chi connectivity index (χ3v) is 4.95. The molecule has 0 aliphatic carbocycles. The quantitative estimate of drug-likeness (QED) is 0.927. The zero-order valence-electron chi connectivity index (χ0n) is 13.1. The van der Waals surface area contributed by atoms with Crippen molar-refractivity contribution in [1.29, 1.82) is 0 Å². The van der Waals surface area contributed by atoms with Crippen molar-refractivity contribution in [3.63, 3.8) is 0 Å². The van der Waals surface area contributed by atoms with Crippen molar-refractivity contribution in [2.24, 2.45) is 0 Å². The van der Waals surface area contributed by atoms with Gasteiger partial charge in [0, 0.05) is 36.5 Å². The molecule has 0 bridgehead atoms. The van der Waals surface area contributed by atoms with Crippen LogP contribution in [0.25, 0.3) is 0 Å². The molecule has 2 atom stereocenters. The van der Waals surface area contributed by atoms with E-state index in [4.69, 9.17) is 4.74 Å². The fourth-order valence-corrected chi connectivity index (χ4v) is 3.74. The van der Waals surface area contributed by atoms with Crippen LogP contribution in [0.1, 0.15) is 42.4 Å². The van der Waals surface area contributed by atoms with E-state index in [1.807, 2.05) is 35.2 Å². The number of carbonyl (C=O) groups excluding carboxylic acids is 1. The Morgan fingerprint density at radius 2 is 2.17 bits per heavy atom. The molecule has 3 heterocycles. The lowest BCUT2D eigenvalue weighted by Gasteiger charge is -2.36. The Labute approximate surface area is 135 Å². The number of hydrogen-bond acceptors (Lipinski definition) is 3. The van der Waals surface area contributed by atoms with Crippen LogP contribution >= 0.6 is 0 Å². The Kier molecular flexibility index (Phi) is 3.77. The van der Waals surface area contributed by atoms with Gasteiger partial charge in [0.15, 0.2) is 0 Å². The van der Waals surface area contributed by atoms with E-state index in [9.17, 15) is 4.79 Å². The van der Waals surface area contributed by atoms with Gasteiger partial charge in [0.2, 0.25) is 5.91 Å². The molecule has 120 valence electrons. The van der Waals surface area contributed by atoms with Crippen LogP contribution in [-0.4, -0.2) is 40.7 Å². The lowest BCUT2D eigenvalue weighted by Crippen LogP contribution is -2.42. The first-order valence-electron chi connectivity index (χ1n) is 8.32. The second-order valence-corrected chi connectivity index (χ2v) is 6.36. The second kappa shape index (κ2) is 6.07. The lowest BCUT2D eigenvalue weighted by atomic mass is 9.89. The summed E-state index contributed by atoms with van der Waals surface area (Å²) < 4.78 is 5.69. The molecule has 1 amide bonds. The van der Waals surface area contributed by atoms with E-state index >= 15 is 0 Å². The summed E-state index contributed by atoms with van der Waals surface area (Å²) >= 11 is 0. The number of hydrogen-bond donors (Lipinski definition) is 1. The Morgan fingerprint density at radius 3 is 3.04 bits per heavy atom. The number of piperidine rings is 1. The lowest BCUT2D eigenvalue weighted by molar-refractivity contribution is -0.134. The molecule has 5 nitrogen and oxygen atoms in total. The molecule has 1 aromatic heterocycles. The molecule has 0 unspecified atom stereocenters. The van der Waals surface area contributed by atoms with Crippen LogP contribution in [0.5, 0.6) is 5.75 Å². The molecule has 1 fully saturated rings. The van der Waals surface area contributed by atoms with Gasteiger partial charge in [0.1, 0.15) is 5.75 Å². The normalized spacial score (nSPS) is 23.9. The van der Waals surface area contributed by atoms with Crippen LogP contribution in [0.2, 0.25) is 0 Å². The zero-order chi connectivity index (χ0) is 15.6. The van der Waals surface area contributed by atoms with Crippen molar-refractivity contribution in [3.05, 3.63) is 47.8 Å². The number of benzene rings is 1. The highest BCUT2D eigenvalue weighted by Crippen LogP contribution is 2.36. The van der Waals surface area contributed by atoms with E-state index in [1.54, 1.807) is 6.20 Å². The number of ether oxygens (including phenoxy) is 1. The van der Waals surface area contributed by atoms with Crippen molar-refractivity contribution in [2.45, 2.75) is 31.1 Å².